The van der Waals surface area contributed by atoms with E-state index in [0.717, 1.165) is 22.3 Å². The number of carbonyl (C=O) groups is 2. The maximum absolute atomic E-state index is 12.6. The highest BCUT2D eigenvalue weighted by Crippen LogP contribution is 2.27. The van der Waals surface area contributed by atoms with Gasteiger partial charge in [0.05, 0.1) is 34.4 Å². The molecule has 6 aromatic rings. The summed E-state index contributed by atoms with van der Waals surface area (Å²) in [4.78, 5) is 47.1. The summed E-state index contributed by atoms with van der Waals surface area (Å²) in [6.45, 7) is 7.68. The van der Waals surface area contributed by atoms with E-state index in [9.17, 15) is 19.2 Å². The van der Waals surface area contributed by atoms with Gasteiger partial charge in [-0.25, -0.2) is 0 Å². The van der Waals surface area contributed by atoms with Crippen LogP contribution in [0.2, 0.25) is 0 Å². The van der Waals surface area contributed by atoms with E-state index in [-0.39, 0.29) is 23.7 Å². The monoisotopic (exact) mass is 564 g/mol. The Labute approximate surface area is 239 Å². The van der Waals surface area contributed by atoms with E-state index in [1.54, 1.807) is 48.5 Å². The van der Waals surface area contributed by atoms with Crippen molar-refractivity contribution in [1.29, 1.82) is 0 Å². The maximum Gasteiger partial charge on any atom is 0.307 e. The fourth-order valence-corrected chi connectivity index (χ4v) is 5.07. The molecule has 8 heteroatoms. The van der Waals surface area contributed by atoms with Crippen LogP contribution in [0.1, 0.15) is 33.4 Å². The van der Waals surface area contributed by atoms with Crippen molar-refractivity contribution in [2.45, 2.75) is 40.5 Å². The average Bonchev–Trinajstić information content (AvgIpc) is 2.94. The summed E-state index contributed by atoms with van der Waals surface area (Å²) in [6, 6.07) is 17.4. The number of carboxylic acid groups (broad SMARTS) is 2. The van der Waals surface area contributed by atoms with Gasteiger partial charge in [0, 0.05) is 11.1 Å². The summed E-state index contributed by atoms with van der Waals surface area (Å²) < 4.78 is 11.8. The number of aryl methyl sites for hydroxylation is 4. The topological polar surface area (TPSA) is 135 Å². The molecular formula is C34H28O8. The number of rotatable bonds is 4. The van der Waals surface area contributed by atoms with Gasteiger partial charge in [0.1, 0.15) is 22.3 Å². The smallest absolute Gasteiger partial charge is 0.307 e. The van der Waals surface area contributed by atoms with Gasteiger partial charge in [-0.2, -0.15) is 0 Å². The first-order valence-electron chi connectivity index (χ1n) is 13.3. The third kappa shape index (κ3) is 5.03. The largest absolute Gasteiger partial charge is 0.481 e. The van der Waals surface area contributed by atoms with Crippen molar-refractivity contribution >= 4 is 55.8 Å². The number of hydrogen-bond donors (Lipinski definition) is 2. The van der Waals surface area contributed by atoms with Crippen LogP contribution in [0.4, 0.5) is 0 Å². The first-order chi connectivity index (χ1) is 20.0. The van der Waals surface area contributed by atoms with E-state index >= 15 is 0 Å². The molecule has 0 aliphatic rings. The Morgan fingerprint density at radius 1 is 0.548 bits per heavy atom. The van der Waals surface area contributed by atoms with Crippen molar-refractivity contribution in [3.8, 4) is 0 Å². The molecule has 8 nitrogen and oxygen atoms in total. The van der Waals surface area contributed by atoms with Crippen LogP contribution < -0.4 is 10.9 Å². The summed E-state index contributed by atoms with van der Waals surface area (Å²) in [5.41, 5.74) is 6.44. The molecule has 0 aliphatic carbocycles. The van der Waals surface area contributed by atoms with E-state index < -0.39 is 11.9 Å². The van der Waals surface area contributed by atoms with Crippen molar-refractivity contribution in [3.63, 3.8) is 0 Å². The van der Waals surface area contributed by atoms with Gasteiger partial charge in [-0.05, 0) is 74.2 Å². The van der Waals surface area contributed by atoms with Gasteiger partial charge in [-0.3, -0.25) is 19.2 Å². The Bertz CT molecular complexity index is 2030. The van der Waals surface area contributed by atoms with Gasteiger partial charge in [-0.15, -0.1) is 0 Å². The zero-order valence-electron chi connectivity index (χ0n) is 23.5. The molecule has 2 heterocycles. The molecule has 0 radical (unpaired) electrons. The Kier molecular flexibility index (Phi) is 7.39. The standard InChI is InChI=1S/2C17H14O4/c2*1-9-6-7-13-15(20)12-5-3-4-11(8-14(18)19)17(12)21-16(13)10(9)2/h2*3-7H,8H2,1-2H3,(H,18,19). The molecule has 0 amide bonds. The van der Waals surface area contributed by atoms with Crippen molar-refractivity contribution in [2.75, 3.05) is 0 Å². The summed E-state index contributed by atoms with van der Waals surface area (Å²) in [5.74, 6) is -1.91. The van der Waals surface area contributed by atoms with E-state index in [2.05, 4.69) is 0 Å². The molecule has 0 spiro atoms. The first-order valence-corrected chi connectivity index (χ1v) is 13.3. The lowest BCUT2D eigenvalue weighted by Crippen LogP contribution is -2.06. The predicted molar refractivity (Wildman–Crippen MR) is 162 cm³/mol. The number of benzene rings is 4. The van der Waals surface area contributed by atoms with Gasteiger partial charge < -0.3 is 19.0 Å². The molecule has 0 bridgehead atoms. The highest BCUT2D eigenvalue weighted by Gasteiger charge is 2.16. The molecule has 2 aromatic heterocycles. The van der Waals surface area contributed by atoms with E-state index in [1.807, 2.05) is 39.8 Å². The zero-order valence-corrected chi connectivity index (χ0v) is 23.5. The van der Waals surface area contributed by atoms with Crippen LogP contribution in [-0.4, -0.2) is 22.2 Å². The van der Waals surface area contributed by atoms with Crippen LogP contribution in [0.5, 0.6) is 0 Å². The molecule has 0 unspecified atom stereocenters. The van der Waals surface area contributed by atoms with Crippen molar-refractivity contribution in [3.05, 3.63) is 114 Å². The Morgan fingerprint density at radius 3 is 1.26 bits per heavy atom. The molecule has 6 rings (SSSR count). The van der Waals surface area contributed by atoms with Gasteiger partial charge in [0.25, 0.3) is 0 Å². The molecular weight excluding hydrogens is 536 g/mol. The Balaban J connectivity index is 0.000000168. The molecule has 0 saturated heterocycles. The SMILES string of the molecule is Cc1ccc2c(=O)c3cccc(CC(=O)O)c3oc2c1C.Cc1ccc2c(=O)c3cccc(CC(=O)O)c3oc2c1C. The lowest BCUT2D eigenvalue weighted by Gasteiger charge is -2.08. The minimum absolute atomic E-state index is 0.124. The fourth-order valence-electron chi connectivity index (χ4n) is 5.07. The number of carboxylic acids is 2. The van der Waals surface area contributed by atoms with Crippen LogP contribution in [0.3, 0.4) is 0 Å². The highest BCUT2D eigenvalue weighted by molar-refractivity contribution is 5.95. The number of para-hydroxylation sites is 2. The highest BCUT2D eigenvalue weighted by atomic mass is 16.4. The normalized spacial score (nSPS) is 11.1. The number of fused-ring (bicyclic) bond motifs is 4. The van der Waals surface area contributed by atoms with Crippen LogP contribution >= 0.6 is 0 Å². The molecule has 212 valence electrons. The van der Waals surface area contributed by atoms with E-state index in [0.29, 0.717) is 55.0 Å². The molecule has 0 atom stereocenters. The van der Waals surface area contributed by atoms with Gasteiger partial charge in [-0.1, -0.05) is 36.4 Å². The van der Waals surface area contributed by atoms with Crippen LogP contribution in [0.15, 0.2) is 79.1 Å². The average molecular weight is 565 g/mol. The minimum Gasteiger partial charge on any atom is -0.481 e. The quantitative estimate of drug-likeness (QED) is 0.236. The molecule has 0 aliphatic heterocycles. The minimum atomic E-state index is -0.953. The molecule has 42 heavy (non-hydrogen) atoms. The lowest BCUT2D eigenvalue weighted by atomic mass is 10.0. The number of hydrogen-bond acceptors (Lipinski definition) is 6. The second-order valence-corrected chi connectivity index (χ2v) is 10.4. The van der Waals surface area contributed by atoms with Crippen LogP contribution in [0, 0.1) is 27.7 Å². The Hall–Kier alpha value is -5.24. The Morgan fingerprint density at radius 2 is 0.905 bits per heavy atom. The van der Waals surface area contributed by atoms with E-state index in [1.165, 1.54) is 0 Å². The summed E-state index contributed by atoms with van der Waals surface area (Å²) in [6.07, 6.45) is -0.340. The molecule has 2 N–H and O–H groups in total. The number of aliphatic carboxylic acids is 2. The third-order valence-electron chi connectivity index (χ3n) is 7.62. The first kappa shape index (κ1) is 28.3. The second-order valence-electron chi connectivity index (χ2n) is 10.4. The van der Waals surface area contributed by atoms with E-state index in [4.69, 9.17) is 19.0 Å². The van der Waals surface area contributed by atoms with Gasteiger partial charge >= 0.3 is 11.9 Å². The molecule has 0 fully saturated rings. The van der Waals surface area contributed by atoms with Gasteiger partial charge in [0.2, 0.25) is 10.9 Å². The van der Waals surface area contributed by atoms with Gasteiger partial charge in [0.15, 0.2) is 0 Å². The maximum atomic E-state index is 12.6. The summed E-state index contributed by atoms with van der Waals surface area (Å²) in [5, 5.41) is 19.9. The molecule has 0 saturated carbocycles. The van der Waals surface area contributed by atoms with Crippen molar-refractivity contribution < 1.29 is 28.6 Å². The van der Waals surface area contributed by atoms with Crippen molar-refractivity contribution in [1.82, 2.24) is 0 Å². The summed E-state index contributed by atoms with van der Waals surface area (Å²) in [7, 11) is 0. The summed E-state index contributed by atoms with van der Waals surface area (Å²) >= 11 is 0. The third-order valence-corrected chi connectivity index (χ3v) is 7.62. The van der Waals surface area contributed by atoms with Crippen LogP contribution in [0.25, 0.3) is 43.9 Å². The predicted octanol–water partition coefficient (Wildman–Crippen LogP) is 6.38. The molecule has 4 aromatic carbocycles. The zero-order chi connectivity index (χ0) is 30.3. The second kappa shape index (κ2) is 11.0. The lowest BCUT2D eigenvalue weighted by molar-refractivity contribution is -0.137. The van der Waals surface area contributed by atoms with Crippen molar-refractivity contribution in [2.24, 2.45) is 0 Å². The fraction of sp³-hybridized carbons (Fsp3) is 0.176. The van der Waals surface area contributed by atoms with Crippen LogP contribution in [-0.2, 0) is 22.4 Å².